The first-order valence-corrected chi connectivity index (χ1v) is 9.07. The van der Waals surface area contributed by atoms with Gasteiger partial charge in [-0.25, -0.2) is 12.8 Å². The molecule has 0 aromatic heterocycles. The molecule has 0 spiro atoms. The number of halogens is 2. The van der Waals surface area contributed by atoms with E-state index in [2.05, 4.69) is 0 Å². The Bertz CT molecular complexity index is 663. The van der Waals surface area contributed by atoms with Crippen LogP contribution in [0.5, 0.6) is 5.75 Å². The van der Waals surface area contributed by atoms with Crippen molar-refractivity contribution in [3.8, 4) is 11.8 Å². The van der Waals surface area contributed by atoms with Crippen LogP contribution in [-0.2, 0) is 9.05 Å². The molecule has 0 unspecified atom stereocenters. The summed E-state index contributed by atoms with van der Waals surface area (Å²) in [7, 11) is 1.73. The third kappa shape index (κ3) is 4.08. The van der Waals surface area contributed by atoms with E-state index in [1.165, 1.54) is 18.2 Å². The van der Waals surface area contributed by atoms with Gasteiger partial charge in [0.15, 0.2) is 0 Å². The quantitative estimate of drug-likeness (QED) is 0.777. The van der Waals surface area contributed by atoms with Gasteiger partial charge in [-0.3, -0.25) is 0 Å². The number of benzene rings is 1. The van der Waals surface area contributed by atoms with Gasteiger partial charge in [0.2, 0.25) is 9.05 Å². The van der Waals surface area contributed by atoms with E-state index in [9.17, 15) is 12.8 Å². The van der Waals surface area contributed by atoms with Crippen molar-refractivity contribution in [2.24, 2.45) is 5.41 Å². The molecule has 114 valence electrons. The second-order valence-corrected chi connectivity index (χ2v) is 8.18. The maximum Gasteiger partial charge on any atom is 0.233 e. The van der Waals surface area contributed by atoms with Crippen molar-refractivity contribution in [3.05, 3.63) is 29.6 Å². The SMILES string of the molecule is N#Cc1c(F)cccc1OCC1(CS(=O)(=O)Cl)CCCC1. The molecule has 1 aliphatic rings. The third-order valence-corrected chi connectivity index (χ3v) is 5.05. The van der Waals surface area contributed by atoms with Crippen molar-refractivity contribution in [2.75, 3.05) is 12.4 Å². The Morgan fingerprint density at radius 2 is 2.05 bits per heavy atom. The summed E-state index contributed by atoms with van der Waals surface area (Å²) in [6, 6.07) is 5.89. The molecule has 0 saturated heterocycles. The third-order valence-electron chi connectivity index (χ3n) is 3.76. The molecule has 1 aromatic carbocycles. The van der Waals surface area contributed by atoms with Crippen LogP contribution in [0.1, 0.15) is 31.2 Å². The molecule has 1 aromatic rings. The highest BCUT2D eigenvalue weighted by Gasteiger charge is 2.38. The van der Waals surface area contributed by atoms with Crippen molar-refractivity contribution < 1.29 is 17.5 Å². The summed E-state index contributed by atoms with van der Waals surface area (Å²) < 4.78 is 41.8. The summed E-state index contributed by atoms with van der Waals surface area (Å²) >= 11 is 0. The standard InChI is InChI=1S/C14H15ClFNO3S/c15-21(18,19)10-14(6-1-2-7-14)9-20-13-5-3-4-12(16)11(13)8-17/h3-5H,1-2,6-7,9-10H2. The van der Waals surface area contributed by atoms with E-state index in [1.54, 1.807) is 6.07 Å². The van der Waals surface area contributed by atoms with E-state index >= 15 is 0 Å². The van der Waals surface area contributed by atoms with E-state index in [-0.39, 0.29) is 23.7 Å². The van der Waals surface area contributed by atoms with Gasteiger partial charge in [0.1, 0.15) is 23.2 Å². The number of rotatable bonds is 5. The van der Waals surface area contributed by atoms with E-state index in [4.69, 9.17) is 20.7 Å². The Morgan fingerprint density at radius 3 is 2.62 bits per heavy atom. The van der Waals surface area contributed by atoms with Gasteiger partial charge in [0.05, 0.1) is 12.4 Å². The van der Waals surface area contributed by atoms with Crippen LogP contribution in [0.2, 0.25) is 0 Å². The summed E-state index contributed by atoms with van der Waals surface area (Å²) in [5.41, 5.74) is -0.723. The lowest BCUT2D eigenvalue weighted by molar-refractivity contribution is 0.170. The monoisotopic (exact) mass is 331 g/mol. The summed E-state index contributed by atoms with van der Waals surface area (Å²) in [4.78, 5) is 0. The zero-order valence-electron chi connectivity index (χ0n) is 11.3. The van der Waals surface area contributed by atoms with Crippen LogP contribution < -0.4 is 4.74 Å². The van der Waals surface area contributed by atoms with Crippen LogP contribution in [0.3, 0.4) is 0 Å². The molecular weight excluding hydrogens is 317 g/mol. The Morgan fingerprint density at radius 1 is 1.38 bits per heavy atom. The first-order valence-electron chi connectivity index (χ1n) is 6.59. The minimum atomic E-state index is -3.64. The fourth-order valence-electron chi connectivity index (χ4n) is 2.79. The topological polar surface area (TPSA) is 67.2 Å². The van der Waals surface area contributed by atoms with Crippen LogP contribution in [0.25, 0.3) is 0 Å². The average molecular weight is 332 g/mol. The molecule has 0 aliphatic heterocycles. The molecule has 7 heteroatoms. The Labute approximate surface area is 127 Å². The molecule has 2 rings (SSSR count). The second kappa shape index (κ2) is 6.20. The van der Waals surface area contributed by atoms with Crippen LogP contribution in [-0.4, -0.2) is 20.8 Å². The van der Waals surface area contributed by atoms with Gasteiger partial charge < -0.3 is 4.74 Å². The molecule has 1 fully saturated rings. The molecule has 4 nitrogen and oxygen atoms in total. The zero-order valence-corrected chi connectivity index (χ0v) is 12.9. The largest absolute Gasteiger partial charge is 0.491 e. The van der Waals surface area contributed by atoms with Crippen LogP contribution >= 0.6 is 10.7 Å². The molecule has 0 heterocycles. The molecule has 0 amide bonds. The Balaban J connectivity index is 2.17. The molecule has 0 atom stereocenters. The second-order valence-electron chi connectivity index (χ2n) is 5.40. The number of nitriles is 1. The molecule has 0 bridgehead atoms. The van der Waals surface area contributed by atoms with Crippen LogP contribution in [0.15, 0.2) is 18.2 Å². The molecule has 0 N–H and O–H groups in total. The Kier molecular flexibility index (Phi) is 4.74. The average Bonchev–Trinajstić information content (AvgIpc) is 2.83. The number of ether oxygens (including phenoxy) is 1. The van der Waals surface area contributed by atoms with Crippen LogP contribution in [0, 0.1) is 22.6 Å². The lowest BCUT2D eigenvalue weighted by Crippen LogP contribution is -2.32. The highest BCUT2D eigenvalue weighted by molar-refractivity contribution is 8.13. The van der Waals surface area contributed by atoms with Crippen molar-refractivity contribution in [3.63, 3.8) is 0 Å². The minimum absolute atomic E-state index is 0.108. The summed E-state index contributed by atoms with van der Waals surface area (Å²) in [6.07, 6.45) is 3.19. The summed E-state index contributed by atoms with van der Waals surface area (Å²) in [5.74, 6) is -0.685. The molecule has 1 saturated carbocycles. The fourth-order valence-corrected chi connectivity index (χ4v) is 4.58. The zero-order chi connectivity index (χ0) is 15.5. The van der Waals surface area contributed by atoms with Crippen molar-refractivity contribution in [1.29, 1.82) is 5.26 Å². The lowest BCUT2D eigenvalue weighted by atomic mass is 9.90. The number of hydrogen-bond donors (Lipinski definition) is 0. The predicted octanol–water partition coefficient (Wildman–Crippen LogP) is 3.21. The molecule has 0 radical (unpaired) electrons. The van der Waals surface area contributed by atoms with E-state index in [1.807, 2.05) is 0 Å². The first kappa shape index (κ1) is 16.1. The fraction of sp³-hybridized carbons (Fsp3) is 0.500. The number of hydrogen-bond acceptors (Lipinski definition) is 4. The van der Waals surface area contributed by atoms with Gasteiger partial charge in [-0.05, 0) is 25.0 Å². The minimum Gasteiger partial charge on any atom is -0.491 e. The number of nitrogens with zero attached hydrogens (tertiary/aromatic N) is 1. The van der Waals surface area contributed by atoms with E-state index in [0.717, 1.165) is 12.8 Å². The van der Waals surface area contributed by atoms with Crippen molar-refractivity contribution in [1.82, 2.24) is 0 Å². The van der Waals surface area contributed by atoms with Crippen molar-refractivity contribution in [2.45, 2.75) is 25.7 Å². The summed E-state index contributed by atoms with van der Waals surface area (Å²) in [5, 5.41) is 8.95. The van der Waals surface area contributed by atoms with Gasteiger partial charge in [0.25, 0.3) is 0 Å². The van der Waals surface area contributed by atoms with E-state index in [0.29, 0.717) is 12.8 Å². The lowest BCUT2D eigenvalue weighted by Gasteiger charge is -2.27. The molecule has 21 heavy (non-hydrogen) atoms. The van der Waals surface area contributed by atoms with E-state index < -0.39 is 20.3 Å². The predicted molar refractivity (Wildman–Crippen MR) is 77.2 cm³/mol. The molecular formula is C14H15ClFNO3S. The first-order chi connectivity index (χ1) is 9.85. The Hall–Kier alpha value is -1.32. The maximum absolute atomic E-state index is 13.5. The van der Waals surface area contributed by atoms with Gasteiger partial charge in [-0.1, -0.05) is 18.9 Å². The highest BCUT2D eigenvalue weighted by Crippen LogP contribution is 2.40. The highest BCUT2D eigenvalue weighted by atomic mass is 35.7. The van der Waals surface area contributed by atoms with Crippen LogP contribution in [0.4, 0.5) is 4.39 Å². The van der Waals surface area contributed by atoms with Gasteiger partial charge in [0, 0.05) is 16.1 Å². The van der Waals surface area contributed by atoms with Gasteiger partial charge in [-0.2, -0.15) is 5.26 Å². The molecule has 1 aliphatic carbocycles. The van der Waals surface area contributed by atoms with Gasteiger partial charge >= 0.3 is 0 Å². The summed E-state index contributed by atoms with van der Waals surface area (Å²) in [6.45, 7) is 0.108. The normalized spacial score (nSPS) is 17.4. The maximum atomic E-state index is 13.5. The van der Waals surface area contributed by atoms with Gasteiger partial charge in [-0.15, -0.1) is 0 Å². The van der Waals surface area contributed by atoms with Crippen molar-refractivity contribution >= 4 is 19.7 Å². The smallest absolute Gasteiger partial charge is 0.233 e.